The molecule has 0 saturated carbocycles. The van der Waals surface area contributed by atoms with Crippen LogP contribution in [-0.2, 0) is 16.0 Å². The second-order valence-corrected chi connectivity index (χ2v) is 5.55. The Morgan fingerprint density at radius 3 is 2.71 bits per heavy atom. The summed E-state index contributed by atoms with van der Waals surface area (Å²) in [5.41, 5.74) is 6.52. The number of likely N-dealkylation sites (tertiary alicyclic amines) is 1. The zero-order valence-corrected chi connectivity index (χ0v) is 12.4. The number of benzene rings is 1. The van der Waals surface area contributed by atoms with Crippen molar-refractivity contribution in [3.8, 4) is 0 Å². The van der Waals surface area contributed by atoms with E-state index >= 15 is 0 Å². The van der Waals surface area contributed by atoms with E-state index in [1.807, 2.05) is 23.1 Å². The largest absolute Gasteiger partial charge is 0.346 e. The van der Waals surface area contributed by atoms with Crippen LogP contribution in [0.25, 0.3) is 0 Å². The van der Waals surface area contributed by atoms with E-state index in [9.17, 15) is 9.59 Å². The maximum Gasteiger partial charge on any atom is 0.242 e. The first kappa shape index (κ1) is 15.5. The van der Waals surface area contributed by atoms with Crippen molar-refractivity contribution in [2.75, 3.05) is 19.6 Å². The first-order valence-corrected chi connectivity index (χ1v) is 7.42. The van der Waals surface area contributed by atoms with Crippen molar-refractivity contribution in [1.82, 2.24) is 10.2 Å². The molecular weight excluding hydrogens is 266 g/mol. The molecule has 114 valence electrons. The van der Waals surface area contributed by atoms with Crippen LogP contribution in [0.1, 0.15) is 18.9 Å². The molecule has 0 bridgehead atoms. The Hall–Kier alpha value is -1.88. The maximum atomic E-state index is 12.1. The van der Waals surface area contributed by atoms with Gasteiger partial charge in [0.2, 0.25) is 11.8 Å². The molecule has 3 N–H and O–H groups in total. The number of nitrogens with two attached hydrogens (primary N) is 1. The minimum absolute atomic E-state index is 0.0279. The van der Waals surface area contributed by atoms with Crippen molar-refractivity contribution < 1.29 is 9.59 Å². The van der Waals surface area contributed by atoms with E-state index < -0.39 is 0 Å². The summed E-state index contributed by atoms with van der Waals surface area (Å²) in [4.78, 5) is 25.1. The van der Waals surface area contributed by atoms with Crippen LogP contribution in [0.15, 0.2) is 30.3 Å². The van der Waals surface area contributed by atoms with E-state index in [2.05, 4.69) is 24.4 Å². The van der Waals surface area contributed by atoms with Gasteiger partial charge in [-0.05, 0) is 31.2 Å². The van der Waals surface area contributed by atoms with Crippen LogP contribution in [0.2, 0.25) is 0 Å². The Labute approximate surface area is 125 Å². The van der Waals surface area contributed by atoms with Crippen molar-refractivity contribution >= 4 is 11.8 Å². The van der Waals surface area contributed by atoms with Gasteiger partial charge < -0.3 is 16.0 Å². The van der Waals surface area contributed by atoms with Crippen molar-refractivity contribution in [2.24, 2.45) is 11.7 Å². The number of nitrogens with one attached hydrogen (secondary N) is 1. The Kier molecular flexibility index (Phi) is 5.33. The van der Waals surface area contributed by atoms with Gasteiger partial charge in [-0.3, -0.25) is 9.59 Å². The molecule has 0 unspecified atom stereocenters. The Balaban J connectivity index is 1.87. The van der Waals surface area contributed by atoms with Crippen LogP contribution in [0.4, 0.5) is 0 Å². The van der Waals surface area contributed by atoms with Gasteiger partial charge in [0.25, 0.3) is 0 Å². The van der Waals surface area contributed by atoms with E-state index in [0.29, 0.717) is 5.92 Å². The maximum absolute atomic E-state index is 12.1. The highest BCUT2D eigenvalue weighted by Crippen LogP contribution is 2.27. The third-order valence-corrected chi connectivity index (χ3v) is 4.20. The molecular formula is C16H23N3O2. The molecule has 0 aliphatic carbocycles. The molecule has 1 aromatic rings. The van der Waals surface area contributed by atoms with E-state index in [0.717, 1.165) is 19.4 Å². The predicted molar refractivity (Wildman–Crippen MR) is 81.5 cm³/mol. The lowest BCUT2D eigenvalue weighted by molar-refractivity contribution is -0.133. The van der Waals surface area contributed by atoms with Crippen LogP contribution >= 0.6 is 0 Å². The van der Waals surface area contributed by atoms with Gasteiger partial charge >= 0.3 is 0 Å². The third kappa shape index (κ3) is 4.04. The van der Waals surface area contributed by atoms with E-state index in [4.69, 9.17) is 5.73 Å². The molecule has 1 aromatic carbocycles. The van der Waals surface area contributed by atoms with Gasteiger partial charge in [-0.25, -0.2) is 0 Å². The molecule has 1 fully saturated rings. The smallest absolute Gasteiger partial charge is 0.242 e. The summed E-state index contributed by atoms with van der Waals surface area (Å²) in [7, 11) is 0. The third-order valence-electron chi connectivity index (χ3n) is 4.20. The van der Waals surface area contributed by atoms with Crippen molar-refractivity contribution in [3.63, 3.8) is 0 Å². The molecule has 5 nitrogen and oxygen atoms in total. The number of hydrogen-bond acceptors (Lipinski definition) is 3. The molecule has 0 radical (unpaired) electrons. The molecule has 1 saturated heterocycles. The van der Waals surface area contributed by atoms with Crippen LogP contribution in [0, 0.1) is 5.92 Å². The van der Waals surface area contributed by atoms with Gasteiger partial charge in [0.05, 0.1) is 13.1 Å². The minimum atomic E-state index is -0.295. The van der Waals surface area contributed by atoms with Gasteiger partial charge in [0, 0.05) is 12.6 Å². The molecule has 1 aliphatic rings. The zero-order valence-electron chi connectivity index (χ0n) is 12.4. The fourth-order valence-corrected chi connectivity index (χ4v) is 2.89. The standard InChI is InChI=1S/C16H23N3O2/c1-12-14(9-13-5-3-2-4-6-13)7-8-19(12)16(21)11-18-15(20)10-17/h2-6,12,14H,7-11,17H2,1H3,(H,18,20)/t12-,14-/m0/s1. The van der Waals surface area contributed by atoms with E-state index in [1.54, 1.807) is 0 Å². The molecule has 0 aromatic heterocycles. The first-order valence-electron chi connectivity index (χ1n) is 7.42. The van der Waals surface area contributed by atoms with Gasteiger partial charge in [0.15, 0.2) is 0 Å². The van der Waals surface area contributed by atoms with Gasteiger partial charge in [-0.1, -0.05) is 30.3 Å². The van der Waals surface area contributed by atoms with Crippen LogP contribution in [0.3, 0.4) is 0 Å². The second kappa shape index (κ2) is 7.22. The number of hydrogen-bond donors (Lipinski definition) is 2. The summed E-state index contributed by atoms with van der Waals surface area (Å²) in [6.45, 7) is 2.80. The Morgan fingerprint density at radius 2 is 2.05 bits per heavy atom. The lowest BCUT2D eigenvalue weighted by Gasteiger charge is -2.25. The quantitative estimate of drug-likeness (QED) is 0.831. The number of amides is 2. The fourth-order valence-electron chi connectivity index (χ4n) is 2.89. The average Bonchev–Trinajstić information content (AvgIpc) is 2.86. The molecule has 0 spiro atoms. The average molecular weight is 289 g/mol. The van der Waals surface area contributed by atoms with Crippen molar-refractivity contribution in [3.05, 3.63) is 35.9 Å². The zero-order chi connectivity index (χ0) is 15.2. The second-order valence-electron chi connectivity index (χ2n) is 5.55. The molecule has 2 rings (SSSR count). The summed E-state index contributed by atoms with van der Waals surface area (Å²) < 4.78 is 0. The topological polar surface area (TPSA) is 75.4 Å². The lowest BCUT2D eigenvalue weighted by Crippen LogP contribution is -2.44. The molecule has 2 amide bonds. The SMILES string of the molecule is C[C@H]1[C@H](Cc2ccccc2)CCN1C(=O)CNC(=O)CN. The number of rotatable bonds is 5. The van der Waals surface area contributed by atoms with Crippen molar-refractivity contribution in [1.29, 1.82) is 0 Å². The summed E-state index contributed by atoms with van der Waals surface area (Å²) in [6.07, 6.45) is 1.99. The number of carbonyl (C=O) groups is 2. The first-order chi connectivity index (χ1) is 10.1. The fraction of sp³-hybridized carbons (Fsp3) is 0.500. The Morgan fingerprint density at radius 1 is 1.33 bits per heavy atom. The number of carbonyl (C=O) groups excluding carboxylic acids is 2. The molecule has 5 heteroatoms. The molecule has 2 atom stereocenters. The highest BCUT2D eigenvalue weighted by molar-refractivity contribution is 5.85. The highest BCUT2D eigenvalue weighted by Gasteiger charge is 2.33. The van der Waals surface area contributed by atoms with Gasteiger partial charge in [-0.2, -0.15) is 0 Å². The number of nitrogens with zero attached hydrogens (tertiary/aromatic N) is 1. The normalized spacial score (nSPS) is 21.3. The predicted octanol–water partition coefficient (Wildman–Crippen LogP) is 0.541. The summed E-state index contributed by atoms with van der Waals surface area (Å²) in [6, 6.07) is 10.5. The highest BCUT2D eigenvalue weighted by atomic mass is 16.2. The van der Waals surface area contributed by atoms with Crippen molar-refractivity contribution in [2.45, 2.75) is 25.8 Å². The lowest BCUT2D eigenvalue weighted by atomic mass is 9.93. The van der Waals surface area contributed by atoms with Crippen LogP contribution in [-0.4, -0.2) is 42.4 Å². The van der Waals surface area contributed by atoms with Gasteiger partial charge in [0.1, 0.15) is 0 Å². The molecule has 1 aliphatic heterocycles. The summed E-state index contributed by atoms with van der Waals surface area (Å²) >= 11 is 0. The molecule has 1 heterocycles. The Bertz CT molecular complexity index is 490. The molecule has 21 heavy (non-hydrogen) atoms. The van der Waals surface area contributed by atoms with E-state index in [1.165, 1.54) is 5.56 Å². The summed E-state index contributed by atoms with van der Waals surface area (Å²) in [5.74, 6) is 0.150. The minimum Gasteiger partial charge on any atom is -0.346 e. The summed E-state index contributed by atoms with van der Waals surface area (Å²) in [5, 5.41) is 2.54. The monoisotopic (exact) mass is 289 g/mol. The van der Waals surface area contributed by atoms with Gasteiger partial charge in [-0.15, -0.1) is 0 Å². The van der Waals surface area contributed by atoms with E-state index in [-0.39, 0.29) is 30.9 Å². The van der Waals surface area contributed by atoms with Crippen LogP contribution in [0.5, 0.6) is 0 Å². The van der Waals surface area contributed by atoms with Crippen LogP contribution < -0.4 is 11.1 Å².